The van der Waals surface area contributed by atoms with Crippen LogP contribution in [0.5, 0.6) is 0 Å². The van der Waals surface area contributed by atoms with Gasteiger partial charge in [0.1, 0.15) is 12.5 Å². The average molecular weight is 313 g/mol. The topological polar surface area (TPSA) is 15.3 Å². The van der Waals surface area contributed by atoms with Crippen LogP contribution >= 0.6 is 24.8 Å². The number of halogens is 4. The molecule has 1 aromatic carbocycles. The molecule has 1 heterocycles. The summed E-state index contributed by atoms with van der Waals surface area (Å²) in [5, 5.41) is 3.24. The Morgan fingerprint density at radius 3 is 2.42 bits per heavy atom. The van der Waals surface area contributed by atoms with Crippen LogP contribution in [-0.4, -0.2) is 37.8 Å². The molecule has 0 saturated carbocycles. The van der Waals surface area contributed by atoms with Crippen molar-refractivity contribution in [3.8, 4) is 0 Å². The van der Waals surface area contributed by atoms with E-state index in [1.807, 2.05) is 6.92 Å². The monoisotopic (exact) mass is 312 g/mol. The zero-order chi connectivity index (χ0) is 12.3. The predicted octanol–water partition coefficient (Wildman–Crippen LogP) is 2.89. The molecule has 1 atom stereocenters. The highest BCUT2D eigenvalue weighted by atomic mass is 35.5. The van der Waals surface area contributed by atoms with E-state index in [-0.39, 0.29) is 36.7 Å². The lowest BCUT2D eigenvalue weighted by molar-refractivity contribution is 0.147. The zero-order valence-electron chi connectivity index (χ0n) is 10.9. The van der Waals surface area contributed by atoms with Crippen molar-refractivity contribution in [2.24, 2.45) is 0 Å². The Hall–Kier alpha value is -0.420. The molecule has 1 aliphatic rings. The van der Waals surface area contributed by atoms with Crippen LogP contribution in [0.3, 0.4) is 0 Å². The standard InChI is InChI=1S/C13H18F2N2.2ClH/c1-10-8-11(15)2-3-12(10)13(9-14)17-6-4-16-5-7-17;;/h2-3,8,13,16H,4-7,9H2,1H3;2*1H/t13-;;/m0../s1. The second kappa shape index (κ2) is 8.69. The normalized spacial score (nSPS) is 17.2. The molecule has 1 aromatic rings. The molecule has 0 bridgehead atoms. The maximum absolute atomic E-state index is 13.3. The first-order chi connectivity index (χ1) is 8.22. The Bertz CT molecular complexity index is 385. The quantitative estimate of drug-likeness (QED) is 0.923. The third-order valence-electron chi connectivity index (χ3n) is 3.33. The summed E-state index contributed by atoms with van der Waals surface area (Å²) in [5.41, 5.74) is 1.72. The van der Waals surface area contributed by atoms with E-state index in [1.54, 1.807) is 6.07 Å². The summed E-state index contributed by atoms with van der Waals surface area (Å²) >= 11 is 0. The predicted molar refractivity (Wildman–Crippen MR) is 78.8 cm³/mol. The fraction of sp³-hybridized carbons (Fsp3) is 0.538. The van der Waals surface area contributed by atoms with E-state index in [4.69, 9.17) is 0 Å². The van der Waals surface area contributed by atoms with Gasteiger partial charge in [0, 0.05) is 26.2 Å². The number of benzene rings is 1. The molecule has 2 rings (SSSR count). The van der Waals surface area contributed by atoms with Gasteiger partial charge in [-0.3, -0.25) is 4.90 Å². The Labute approximate surface area is 125 Å². The van der Waals surface area contributed by atoms with Crippen molar-refractivity contribution in [3.05, 3.63) is 35.1 Å². The van der Waals surface area contributed by atoms with Crippen LogP contribution in [0.15, 0.2) is 18.2 Å². The van der Waals surface area contributed by atoms with Gasteiger partial charge in [-0.2, -0.15) is 0 Å². The number of aryl methyl sites for hydroxylation is 1. The zero-order valence-corrected chi connectivity index (χ0v) is 12.5. The molecule has 0 amide bonds. The Balaban J connectivity index is 0.00000162. The molecule has 0 unspecified atom stereocenters. The van der Waals surface area contributed by atoms with Crippen LogP contribution < -0.4 is 5.32 Å². The molecule has 0 spiro atoms. The average Bonchev–Trinajstić information content (AvgIpc) is 2.34. The van der Waals surface area contributed by atoms with Crippen molar-refractivity contribution < 1.29 is 8.78 Å². The van der Waals surface area contributed by atoms with E-state index in [2.05, 4.69) is 10.2 Å². The van der Waals surface area contributed by atoms with Gasteiger partial charge in [-0.25, -0.2) is 8.78 Å². The number of hydrogen-bond donors (Lipinski definition) is 1. The highest BCUT2D eigenvalue weighted by Crippen LogP contribution is 2.25. The number of rotatable bonds is 3. The second-order valence-electron chi connectivity index (χ2n) is 4.46. The minimum absolute atomic E-state index is 0. The van der Waals surface area contributed by atoms with Crippen LogP contribution in [0.25, 0.3) is 0 Å². The fourth-order valence-corrected chi connectivity index (χ4v) is 2.38. The van der Waals surface area contributed by atoms with Crippen LogP contribution in [0.1, 0.15) is 17.2 Å². The van der Waals surface area contributed by atoms with Crippen LogP contribution in [0.4, 0.5) is 8.78 Å². The second-order valence-corrected chi connectivity index (χ2v) is 4.46. The lowest BCUT2D eigenvalue weighted by Gasteiger charge is -2.34. The van der Waals surface area contributed by atoms with E-state index in [0.29, 0.717) is 0 Å². The SMILES string of the molecule is Cc1cc(F)ccc1[C@H](CF)N1CCNCC1.Cl.Cl. The van der Waals surface area contributed by atoms with Gasteiger partial charge in [-0.1, -0.05) is 6.07 Å². The Morgan fingerprint density at radius 2 is 1.89 bits per heavy atom. The summed E-state index contributed by atoms with van der Waals surface area (Å²) in [6, 6.07) is 4.35. The summed E-state index contributed by atoms with van der Waals surface area (Å²) in [6.07, 6.45) is 0. The van der Waals surface area contributed by atoms with Crippen molar-refractivity contribution in [2.75, 3.05) is 32.9 Å². The van der Waals surface area contributed by atoms with Gasteiger partial charge in [0.2, 0.25) is 0 Å². The molecule has 19 heavy (non-hydrogen) atoms. The molecular formula is C13H20Cl2F2N2. The molecule has 0 aromatic heterocycles. The molecule has 0 radical (unpaired) electrons. The maximum Gasteiger partial charge on any atom is 0.123 e. The smallest absolute Gasteiger partial charge is 0.123 e. The van der Waals surface area contributed by atoms with Gasteiger partial charge in [0.05, 0.1) is 6.04 Å². The van der Waals surface area contributed by atoms with E-state index in [9.17, 15) is 8.78 Å². The lowest BCUT2D eigenvalue weighted by Crippen LogP contribution is -2.45. The van der Waals surface area contributed by atoms with Crippen molar-refractivity contribution >= 4 is 24.8 Å². The van der Waals surface area contributed by atoms with E-state index in [1.165, 1.54) is 12.1 Å². The molecule has 2 nitrogen and oxygen atoms in total. The van der Waals surface area contributed by atoms with Gasteiger partial charge < -0.3 is 5.32 Å². The summed E-state index contributed by atoms with van der Waals surface area (Å²) in [7, 11) is 0. The highest BCUT2D eigenvalue weighted by Gasteiger charge is 2.23. The Kier molecular flexibility index (Phi) is 8.50. The van der Waals surface area contributed by atoms with Crippen LogP contribution in [0.2, 0.25) is 0 Å². The number of nitrogens with one attached hydrogen (secondary N) is 1. The van der Waals surface area contributed by atoms with Gasteiger partial charge in [-0.15, -0.1) is 24.8 Å². The summed E-state index contributed by atoms with van der Waals surface area (Å²) in [5.74, 6) is -0.260. The van der Waals surface area contributed by atoms with Crippen molar-refractivity contribution in [3.63, 3.8) is 0 Å². The minimum atomic E-state index is -0.424. The molecule has 0 aliphatic carbocycles. The van der Waals surface area contributed by atoms with Crippen molar-refractivity contribution in [1.29, 1.82) is 0 Å². The van der Waals surface area contributed by atoms with Crippen LogP contribution in [0, 0.1) is 12.7 Å². The molecule has 1 aliphatic heterocycles. The number of nitrogens with zero attached hydrogens (tertiary/aromatic N) is 1. The molecule has 6 heteroatoms. The van der Waals surface area contributed by atoms with Crippen molar-refractivity contribution in [1.82, 2.24) is 10.2 Å². The first-order valence-corrected chi connectivity index (χ1v) is 5.99. The number of alkyl halides is 1. The summed E-state index contributed by atoms with van der Waals surface area (Å²) in [4.78, 5) is 2.12. The van der Waals surface area contributed by atoms with E-state index < -0.39 is 6.67 Å². The first kappa shape index (κ1) is 18.6. The Morgan fingerprint density at radius 1 is 1.26 bits per heavy atom. The summed E-state index contributed by atoms with van der Waals surface area (Å²) < 4.78 is 26.3. The molecule has 1 N–H and O–H groups in total. The fourth-order valence-electron chi connectivity index (χ4n) is 2.38. The number of piperazine rings is 1. The first-order valence-electron chi connectivity index (χ1n) is 5.99. The molecule has 110 valence electrons. The largest absolute Gasteiger partial charge is 0.314 e. The molecule has 1 saturated heterocycles. The number of hydrogen-bond acceptors (Lipinski definition) is 2. The van der Waals surface area contributed by atoms with Crippen molar-refractivity contribution in [2.45, 2.75) is 13.0 Å². The van der Waals surface area contributed by atoms with E-state index in [0.717, 1.165) is 37.3 Å². The molecular weight excluding hydrogens is 293 g/mol. The van der Waals surface area contributed by atoms with Gasteiger partial charge in [-0.05, 0) is 30.2 Å². The third-order valence-corrected chi connectivity index (χ3v) is 3.33. The van der Waals surface area contributed by atoms with Crippen LogP contribution in [-0.2, 0) is 0 Å². The van der Waals surface area contributed by atoms with Gasteiger partial charge >= 0.3 is 0 Å². The third kappa shape index (κ3) is 4.56. The lowest BCUT2D eigenvalue weighted by atomic mass is 10.00. The van der Waals surface area contributed by atoms with E-state index >= 15 is 0 Å². The minimum Gasteiger partial charge on any atom is -0.314 e. The molecule has 1 fully saturated rings. The summed E-state index contributed by atoms with van der Waals surface area (Å²) in [6.45, 7) is 4.86. The van der Waals surface area contributed by atoms with Gasteiger partial charge in [0.15, 0.2) is 0 Å². The van der Waals surface area contributed by atoms with Gasteiger partial charge in [0.25, 0.3) is 0 Å². The maximum atomic E-state index is 13.3. The highest BCUT2D eigenvalue weighted by molar-refractivity contribution is 5.85.